The number of nitrogens with two attached hydrogens (primary N) is 1. The third kappa shape index (κ3) is 22.6. The minimum Gasteiger partial charge on any atom is -0.390 e. The maximum atomic E-state index is 12.7. The van der Waals surface area contributed by atoms with Crippen molar-refractivity contribution in [1.29, 1.82) is 0 Å². The monoisotopic (exact) mass is 1100 g/mol. The number of anilines is 1. The van der Waals surface area contributed by atoms with E-state index in [0.29, 0.717) is 37.9 Å². The quantitative estimate of drug-likeness (QED) is 0.0271. The van der Waals surface area contributed by atoms with Gasteiger partial charge in [-0.25, -0.2) is 28.6 Å². The van der Waals surface area contributed by atoms with Crippen LogP contribution in [0.1, 0.15) is 91.2 Å². The topological polar surface area (TPSA) is 424 Å². The molecule has 13 N–H and O–H groups in total. The van der Waals surface area contributed by atoms with E-state index in [4.69, 9.17) is 19.5 Å². The number of fused-ring (bicyclic) bond motifs is 1. The van der Waals surface area contributed by atoms with Gasteiger partial charge in [-0.2, -0.15) is 4.31 Å². The number of unbranched alkanes of at least 4 members (excludes halogenated alkanes) is 3. The number of carbonyl (C=O) groups is 3. The standard InChI is InChI=1S/C41H68N7O20P3S/c1-4-5-11-14-27(49)17-18-29(51)28(50)15-12-9-7-6-8-10-13-16-32(53)72-22-21-43-31(52)19-20-44-39(56)36(55)41(2,3)24-65-71(62,63)68-70(60,61)64-23-30-35(67-69(57,58)59)34(54)40(66-30)48-26-47-33-37(42)45-25-46-38(33)48/h6,8-9,12,17-18,25-30,34-36,40,49-51,54-55H,4-5,7,10-11,13-16,19-24H2,1-3H3,(H,43,52)(H,44,56)(H,60,61)(H,62,63)(H2,42,45,46)(H2,57,58,59)/b8-6+,12-9+,18-17+. The normalized spacial score (nSPS) is 21.2. The van der Waals surface area contributed by atoms with Gasteiger partial charge >= 0.3 is 23.5 Å². The lowest BCUT2D eigenvalue weighted by Gasteiger charge is -2.30. The molecule has 1 fully saturated rings. The van der Waals surface area contributed by atoms with Gasteiger partial charge < -0.3 is 66.2 Å². The van der Waals surface area contributed by atoms with Crippen molar-refractivity contribution in [3.8, 4) is 0 Å². The molecule has 10 unspecified atom stereocenters. The largest absolute Gasteiger partial charge is 0.481 e. The molecule has 3 rings (SSSR count). The van der Waals surface area contributed by atoms with Crippen LogP contribution in [0.3, 0.4) is 0 Å². The number of nitrogens with zero attached hydrogens (tertiary/aromatic N) is 4. The molecule has 2 aromatic rings. The van der Waals surface area contributed by atoms with Crippen LogP contribution in [0.5, 0.6) is 0 Å². The summed E-state index contributed by atoms with van der Waals surface area (Å²) in [6.07, 6.45) is 6.72. The number of aliphatic hydroxyl groups excluding tert-OH is 5. The molecule has 408 valence electrons. The van der Waals surface area contributed by atoms with E-state index in [-0.39, 0.29) is 48.0 Å². The SMILES string of the molecule is CCCCCC(O)/C=C/C(O)C(O)C/C=C/C/C=C/CCCC(=O)SCCNC(=O)CCNC(=O)C(O)C(C)(C)COP(=O)(O)OP(=O)(O)OCC1OC(n2cnc3c(N)ncnc32)C(O)C1OP(=O)(O)O. The molecule has 10 atom stereocenters. The van der Waals surface area contributed by atoms with Crippen LogP contribution in [0, 0.1) is 5.41 Å². The molecule has 2 amide bonds. The number of phosphoric ester groups is 3. The first-order chi connectivity index (χ1) is 33.8. The van der Waals surface area contributed by atoms with E-state index < -0.39 is 103 Å². The van der Waals surface area contributed by atoms with Crippen molar-refractivity contribution in [2.75, 3.05) is 37.8 Å². The van der Waals surface area contributed by atoms with Crippen molar-refractivity contribution in [1.82, 2.24) is 30.2 Å². The lowest BCUT2D eigenvalue weighted by atomic mass is 9.87. The van der Waals surface area contributed by atoms with Gasteiger partial charge in [-0.05, 0) is 32.1 Å². The minimum absolute atomic E-state index is 0.0219. The Hall–Kier alpha value is -3.34. The number of hydrogen-bond acceptors (Lipinski definition) is 21. The minimum atomic E-state index is -5.60. The first kappa shape index (κ1) is 63.0. The average molecular weight is 1100 g/mol. The van der Waals surface area contributed by atoms with E-state index in [0.717, 1.165) is 48.2 Å². The van der Waals surface area contributed by atoms with E-state index in [1.54, 1.807) is 6.08 Å². The highest BCUT2D eigenvalue weighted by Crippen LogP contribution is 2.61. The van der Waals surface area contributed by atoms with Gasteiger partial charge in [-0.1, -0.05) is 88.3 Å². The average Bonchev–Trinajstić information content (AvgIpc) is 3.87. The summed E-state index contributed by atoms with van der Waals surface area (Å²) >= 11 is 1.06. The van der Waals surface area contributed by atoms with Crippen LogP contribution in [0.15, 0.2) is 49.1 Å². The number of aromatic nitrogens is 4. The van der Waals surface area contributed by atoms with Crippen LogP contribution in [0.2, 0.25) is 0 Å². The molecule has 0 saturated carbocycles. The maximum Gasteiger partial charge on any atom is 0.481 e. The van der Waals surface area contributed by atoms with Crippen LogP contribution in [-0.4, -0.2) is 156 Å². The fourth-order valence-corrected chi connectivity index (χ4v) is 10.1. The highest BCUT2D eigenvalue weighted by atomic mass is 32.2. The number of ether oxygens (including phenoxy) is 1. The molecule has 0 aliphatic carbocycles. The van der Waals surface area contributed by atoms with Crippen LogP contribution < -0.4 is 16.4 Å². The Balaban J connectivity index is 1.30. The molecule has 3 heterocycles. The molecular weight excluding hydrogens is 1040 g/mol. The van der Waals surface area contributed by atoms with Crippen LogP contribution in [-0.2, 0) is 50.7 Å². The molecule has 72 heavy (non-hydrogen) atoms. The Morgan fingerprint density at radius 1 is 0.931 bits per heavy atom. The van der Waals surface area contributed by atoms with Crippen molar-refractivity contribution in [3.05, 3.63) is 49.1 Å². The molecule has 0 bridgehead atoms. The number of amides is 2. The van der Waals surface area contributed by atoms with Gasteiger partial charge in [0, 0.05) is 37.1 Å². The number of nitrogen functional groups attached to an aromatic ring is 1. The number of aliphatic hydroxyl groups is 5. The summed E-state index contributed by atoms with van der Waals surface area (Å²) in [4.78, 5) is 88.4. The second kappa shape index (κ2) is 30.3. The highest BCUT2D eigenvalue weighted by molar-refractivity contribution is 8.13. The molecule has 31 heteroatoms. The van der Waals surface area contributed by atoms with E-state index in [9.17, 15) is 73.2 Å². The summed E-state index contributed by atoms with van der Waals surface area (Å²) in [5.74, 6) is -1.20. The molecule has 1 aliphatic rings. The smallest absolute Gasteiger partial charge is 0.390 e. The summed E-state index contributed by atoms with van der Waals surface area (Å²) in [5, 5.41) is 56.6. The predicted octanol–water partition coefficient (Wildman–Crippen LogP) is 1.95. The molecular formula is C41H68N7O20P3S. The summed E-state index contributed by atoms with van der Waals surface area (Å²) in [6.45, 7) is 2.45. The number of nitrogens with one attached hydrogen (secondary N) is 2. The number of hydrogen-bond donors (Lipinski definition) is 12. The van der Waals surface area contributed by atoms with E-state index in [1.165, 1.54) is 26.0 Å². The van der Waals surface area contributed by atoms with Gasteiger partial charge in [-0.3, -0.25) is 32.5 Å². The Kier molecular flexibility index (Phi) is 26.5. The Morgan fingerprint density at radius 3 is 2.35 bits per heavy atom. The Morgan fingerprint density at radius 2 is 1.64 bits per heavy atom. The number of rotatable bonds is 34. The zero-order valence-corrected chi connectivity index (χ0v) is 43.5. The second-order valence-electron chi connectivity index (χ2n) is 17.1. The van der Waals surface area contributed by atoms with Gasteiger partial charge in [0.2, 0.25) is 11.8 Å². The van der Waals surface area contributed by atoms with E-state index in [2.05, 4.69) is 41.3 Å². The first-order valence-corrected chi connectivity index (χ1v) is 28.3. The first-order valence-electron chi connectivity index (χ1n) is 22.8. The highest BCUT2D eigenvalue weighted by Gasteiger charge is 2.50. The van der Waals surface area contributed by atoms with Gasteiger partial charge in [-0.15, -0.1) is 0 Å². The maximum absolute atomic E-state index is 12.7. The van der Waals surface area contributed by atoms with Gasteiger partial charge in [0.15, 0.2) is 22.8 Å². The molecule has 0 spiro atoms. The molecule has 1 saturated heterocycles. The lowest BCUT2D eigenvalue weighted by molar-refractivity contribution is -0.137. The summed E-state index contributed by atoms with van der Waals surface area (Å²) < 4.78 is 62.4. The summed E-state index contributed by atoms with van der Waals surface area (Å²) in [7, 11) is -16.5. The fourth-order valence-electron chi connectivity index (χ4n) is 6.57. The number of allylic oxidation sites excluding steroid dienone is 3. The molecule has 1 aliphatic heterocycles. The zero-order valence-electron chi connectivity index (χ0n) is 40.0. The zero-order chi connectivity index (χ0) is 53.7. The molecule has 0 radical (unpaired) electrons. The fraction of sp³-hybridized carbons (Fsp3) is 0.659. The number of thioether (sulfide) groups is 1. The summed E-state index contributed by atoms with van der Waals surface area (Å²) in [5.41, 5.74) is 4.23. The van der Waals surface area contributed by atoms with Gasteiger partial charge in [0.25, 0.3) is 0 Å². The van der Waals surface area contributed by atoms with Gasteiger partial charge in [0.05, 0.1) is 37.9 Å². The Bertz CT molecular complexity index is 2280. The van der Waals surface area contributed by atoms with Crippen LogP contribution in [0.25, 0.3) is 11.2 Å². The Labute approximate surface area is 420 Å². The van der Waals surface area contributed by atoms with Crippen molar-refractivity contribution < 1.29 is 95.8 Å². The lowest BCUT2D eigenvalue weighted by Crippen LogP contribution is -2.46. The number of imidazole rings is 1. The summed E-state index contributed by atoms with van der Waals surface area (Å²) in [6, 6.07) is 0. The second-order valence-corrected chi connectivity index (χ2v) is 22.5. The molecule has 27 nitrogen and oxygen atoms in total. The van der Waals surface area contributed by atoms with Crippen molar-refractivity contribution in [2.24, 2.45) is 5.41 Å². The third-order valence-corrected chi connectivity index (χ3v) is 14.6. The van der Waals surface area contributed by atoms with Crippen molar-refractivity contribution in [3.63, 3.8) is 0 Å². The van der Waals surface area contributed by atoms with Crippen molar-refractivity contribution in [2.45, 2.75) is 134 Å². The van der Waals surface area contributed by atoms with Crippen LogP contribution in [0.4, 0.5) is 5.82 Å². The van der Waals surface area contributed by atoms with E-state index >= 15 is 0 Å². The number of phosphoric acid groups is 3. The van der Waals surface area contributed by atoms with Crippen LogP contribution >= 0.6 is 35.2 Å². The molecule has 2 aromatic heterocycles. The molecule has 0 aromatic carbocycles. The predicted molar refractivity (Wildman–Crippen MR) is 260 cm³/mol. The van der Waals surface area contributed by atoms with Crippen molar-refractivity contribution >= 4 is 69.1 Å². The van der Waals surface area contributed by atoms with E-state index in [1.807, 2.05) is 18.2 Å². The third-order valence-electron chi connectivity index (χ3n) is 10.5. The van der Waals surface area contributed by atoms with Gasteiger partial charge in [0.1, 0.15) is 36.3 Å². The number of carbonyl (C=O) groups excluding carboxylic acids is 3.